The molecule has 0 saturated carbocycles. The summed E-state index contributed by atoms with van der Waals surface area (Å²) in [6, 6.07) is 3.36. The number of carboxylic acids is 1. The first kappa shape index (κ1) is 11.7. The molecule has 0 amide bonds. The highest BCUT2D eigenvalue weighted by molar-refractivity contribution is 5.66. The largest absolute Gasteiger partial charge is 0.481 e. The van der Waals surface area contributed by atoms with E-state index in [2.05, 4.69) is 0 Å². The fraction of sp³-hybridized carbons (Fsp3) is 0.417. The molecular formula is C12H13FO4. The van der Waals surface area contributed by atoms with Crippen molar-refractivity contribution in [3.8, 4) is 11.5 Å². The fourth-order valence-corrected chi connectivity index (χ4v) is 1.81. The number of rotatable bonds is 5. The number of carboxylic acid groups (broad SMARTS) is 1. The lowest BCUT2D eigenvalue weighted by atomic mass is 10.0. The van der Waals surface area contributed by atoms with E-state index in [1.807, 2.05) is 0 Å². The third-order valence-corrected chi connectivity index (χ3v) is 2.68. The van der Waals surface area contributed by atoms with Crippen LogP contribution in [0.1, 0.15) is 24.0 Å². The maximum absolute atomic E-state index is 12.8. The zero-order chi connectivity index (χ0) is 12.3. The molecule has 92 valence electrons. The predicted octanol–water partition coefficient (Wildman–Crippen LogP) is 2.29. The predicted molar refractivity (Wildman–Crippen MR) is 58.0 cm³/mol. The highest BCUT2D eigenvalue weighted by atomic mass is 19.1. The van der Waals surface area contributed by atoms with E-state index in [0.29, 0.717) is 29.9 Å². The van der Waals surface area contributed by atoms with Crippen molar-refractivity contribution in [2.45, 2.75) is 25.9 Å². The van der Waals surface area contributed by atoms with Crippen molar-refractivity contribution < 1.29 is 23.8 Å². The van der Waals surface area contributed by atoms with Gasteiger partial charge in [-0.2, -0.15) is 0 Å². The van der Waals surface area contributed by atoms with E-state index in [-0.39, 0.29) is 13.2 Å². The van der Waals surface area contributed by atoms with Gasteiger partial charge in [0.1, 0.15) is 6.67 Å². The van der Waals surface area contributed by atoms with Gasteiger partial charge in [0.2, 0.25) is 6.79 Å². The second kappa shape index (κ2) is 5.03. The van der Waals surface area contributed by atoms with E-state index in [4.69, 9.17) is 14.6 Å². The average Bonchev–Trinajstić information content (AvgIpc) is 2.74. The van der Waals surface area contributed by atoms with Gasteiger partial charge < -0.3 is 14.6 Å². The number of carbonyl (C=O) groups is 1. The molecule has 5 heteroatoms. The van der Waals surface area contributed by atoms with Gasteiger partial charge in [-0.3, -0.25) is 4.79 Å². The number of aryl methyl sites for hydroxylation is 1. The molecule has 0 radical (unpaired) electrons. The van der Waals surface area contributed by atoms with E-state index >= 15 is 0 Å². The second-order valence-electron chi connectivity index (χ2n) is 3.86. The summed E-state index contributed by atoms with van der Waals surface area (Å²) in [5.74, 6) is 0.319. The normalized spacial score (nSPS) is 12.8. The van der Waals surface area contributed by atoms with Crippen LogP contribution in [0.3, 0.4) is 0 Å². The third-order valence-electron chi connectivity index (χ3n) is 2.68. The van der Waals surface area contributed by atoms with Crippen LogP contribution in [0.2, 0.25) is 0 Å². The van der Waals surface area contributed by atoms with Crippen molar-refractivity contribution >= 4 is 5.97 Å². The van der Waals surface area contributed by atoms with Crippen LogP contribution in [-0.2, 0) is 17.9 Å². The van der Waals surface area contributed by atoms with E-state index in [0.717, 1.165) is 5.56 Å². The van der Waals surface area contributed by atoms with Crippen molar-refractivity contribution in [1.82, 2.24) is 0 Å². The summed E-state index contributed by atoms with van der Waals surface area (Å²) < 4.78 is 23.2. The van der Waals surface area contributed by atoms with Gasteiger partial charge in [-0.15, -0.1) is 0 Å². The molecule has 0 saturated heterocycles. The van der Waals surface area contributed by atoms with Crippen molar-refractivity contribution in [2.24, 2.45) is 0 Å². The Labute approximate surface area is 98.0 Å². The molecule has 0 unspecified atom stereocenters. The first-order valence-corrected chi connectivity index (χ1v) is 5.40. The maximum atomic E-state index is 12.8. The van der Waals surface area contributed by atoms with Crippen LogP contribution in [0, 0.1) is 0 Å². The van der Waals surface area contributed by atoms with Gasteiger partial charge in [-0.25, -0.2) is 4.39 Å². The molecule has 1 aromatic carbocycles. The fourth-order valence-electron chi connectivity index (χ4n) is 1.81. The number of aliphatic carboxylic acids is 1. The van der Waals surface area contributed by atoms with Gasteiger partial charge in [0, 0.05) is 6.42 Å². The average molecular weight is 240 g/mol. The molecule has 0 bridgehead atoms. The minimum atomic E-state index is -0.840. The summed E-state index contributed by atoms with van der Waals surface area (Å²) >= 11 is 0. The summed E-state index contributed by atoms with van der Waals surface area (Å²) in [6.45, 7) is -0.432. The molecule has 0 fully saturated rings. The summed E-state index contributed by atoms with van der Waals surface area (Å²) in [5.41, 5.74) is 1.33. The Bertz CT molecular complexity index is 431. The minimum absolute atomic E-state index is 0.0835. The molecule has 2 rings (SSSR count). The molecule has 1 aliphatic heterocycles. The van der Waals surface area contributed by atoms with Gasteiger partial charge in [-0.05, 0) is 36.1 Å². The minimum Gasteiger partial charge on any atom is -0.481 e. The Morgan fingerprint density at radius 1 is 1.29 bits per heavy atom. The summed E-state index contributed by atoms with van der Waals surface area (Å²) in [4.78, 5) is 10.4. The maximum Gasteiger partial charge on any atom is 0.303 e. The molecule has 0 aromatic heterocycles. The Balaban J connectivity index is 2.12. The Morgan fingerprint density at radius 3 is 2.53 bits per heavy atom. The van der Waals surface area contributed by atoms with Crippen molar-refractivity contribution in [1.29, 1.82) is 0 Å². The number of hydrogen-bond donors (Lipinski definition) is 1. The number of fused-ring (bicyclic) bond motifs is 1. The van der Waals surface area contributed by atoms with E-state index in [1.165, 1.54) is 0 Å². The molecule has 1 heterocycles. The highest BCUT2D eigenvalue weighted by Crippen LogP contribution is 2.35. The topological polar surface area (TPSA) is 55.8 Å². The smallest absolute Gasteiger partial charge is 0.303 e. The molecule has 1 N–H and O–H groups in total. The molecule has 17 heavy (non-hydrogen) atoms. The summed E-state index contributed by atoms with van der Waals surface area (Å²) in [7, 11) is 0. The van der Waals surface area contributed by atoms with Gasteiger partial charge in [0.15, 0.2) is 11.5 Å². The molecule has 0 aliphatic carbocycles. The number of halogens is 1. The molecule has 4 nitrogen and oxygen atoms in total. The highest BCUT2D eigenvalue weighted by Gasteiger charge is 2.17. The van der Waals surface area contributed by atoms with Crippen LogP contribution < -0.4 is 9.47 Å². The lowest BCUT2D eigenvalue weighted by molar-refractivity contribution is -0.137. The SMILES string of the molecule is O=C(O)CCCc1cc2c(cc1CF)OCO2. The Morgan fingerprint density at radius 2 is 1.94 bits per heavy atom. The first-order valence-electron chi connectivity index (χ1n) is 5.40. The number of benzene rings is 1. The number of hydrogen-bond acceptors (Lipinski definition) is 3. The van der Waals surface area contributed by atoms with Crippen LogP contribution >= 0.6 is 0 Å². The van der Waals surface area contributed by atoms with E-state index in [1.54, 1.807) is 12.1 Å². The second-order valence-corrected chi connectivity index (χ2v) is 3.86. The van der Waals surface area contributed by atoms with Gasteiger partial charge in [-0.1, -0.05) is 0 Å². The third kappa shape index (κ3) is 2.67. The van der Waals surface area contributed by atoms with Crippen LogP contribution in [-0.4, -0.2) is 17.9 Å². The quantitative estimate of drug-likeness (QED) is 0.857. The zero-order valence-electron chi connectivity index (χ0n) is 9.24. The molecule has 0 spiro atoms. The van der Waals surface area contributed by atoms with Crippen LogP contribution in [0.15, 0.2) is 12.1 Å². The molecular weight excluding hydrogens is 227 g/mol. The summed E-state index contributed by atoms with van der Waals surface area (Å²) in [5, 5.41) is 8.55. The first-order chi connectivity index (χ1) is 8.20. The van der Waals surface area contributed by atoms with E-state index < -0.39 is 12.6 Å². The standard InChI is InChI=1S/C12H13FO4/c13-6-9-5-11-10(16-7-17-11)4-8(9)2-1-3-12(14)15/h4-5H,1-3,6-7H2,(H,14,15). The number of ether oxygens (including phenoxy) is 2. The number of alkyl halides is 1. The van der Waals surface area contributed by atoms with E-state index in [9.17, 15) is 9.18 Å². The van der Waals surface area contributed by atoms with Crippen LogP contribution in [0.25, 0.3) is 0 Å². The van der Waals surface area contributed by atoms with Crippen molar-refractivity contribution in [2.75, 3.05) is 6.79 Å². The van der Waals surface area contributed by atoms with Gasteiger partial charge in [0.25, 0.3) is 0 Å². The van der Waals surface area contributed by atoms with Crippen molar-refractivity contribution in [3.63, 3.8) is 0 Å². The monoisotopic (exact) mass is 240 g/mol. The van der Waals surface area contributed by atoms with Crippen molar-refractivity contribution in [3.05, 3.63) is 23.3 Å². The van der Waals surface area contributed by atoms with Gasteiger partial charge in [0.05, 0.1) is 0 Å². The van der Waals surface area contributed by atoms with Crippen LogP contribution in [0.5, 0.6) is 11.5 Å². The van der Waals surface area contributed by atoms with Gasteiger partial charge >= 0.3 is 5.97 Å². The molecule has 1 aromatic rings. The zero-order valence-corrected chi connectivity index (χ0v) is 9.24. The molecule has 1 aliphatic rings. The lowest BCUT2D eigenvalue weighted by Gasteiger charge is -2.07. The Hall–Kier alpha value is -1.78. The summed E-state index contributed by atoms with van der Waals surface area (Å²) in [6.07, 6.45) is 1.10. The Kier molecular flexibility index (Phi) is 3.46. The van der Waals surface area contributed by atoms with Crippen LogP contribution in [0.4, 0.5) is 4.39 Å². The molecule has 0 atom stereocenters. The lowest BCUT2D eigenvalue weighted by Crippen LogP contribution is -1.98.